The number of halogens is 6. The predicted octanol–water partition coefficient (Wildman–Crippen LogP) is 3.91. The maximum atomic E-state index is 10.6. The zero-order valence-electron chi connectivity index (χ0n) is 20.9. The first-order chi connectivity index (χ1) is 18.2. The number of furan rings is 1. The van der Waals surface area contributed by atoms with Gasteiger partial charge in [-0.15, -0.1) is 0 Å². The lowest BCUT2D eigenvalue weighted by atomic mass is 9.84. The van der Waals surface area contributed by atoms with Crippen LogP contribution >= 0.6 is 0 Å². The Morgan fingerprint density at radius 2 is 1.74 bits per heavy atom. The number of carbonyl (C=O) groups is 2. The zero-order valence-corrected chi connectivity index (χ0v) is 20.9. The van der Waals surface area contributed by atoms with Crippen LogP contribution in [-0.2, 0) is 27.4 Å². The molecule has 2 fully saturated rings. The normalized spacial score (nSPS) is 21.3. The number of carboxylic acid groups (broad SMARTS) is 2. The van der Waals surface area contributed by atoms with Gasteiger partial charge in [-0.05, 0) is 49.7 Å². The van der Waals surface area contributed by atoms with Gasteiger partial charge in [-0.1, -0.05) is 6.07 Å². The average Bonchev–Trinajstić information content (AvgIpc) is 3.49. The van der Waals surface area contributed by atoms with Crippen molar-refractivity contribution in [3.05, 3.63) is 54.2 Å². The second kappa shape index (κ2) is 14.3. The molecule has 0 bridgehead atoms. The van der Waals surface area contributed by atoms with Crippen molar-refractivity contribution < 1.29 is 55.3 Å². The molecule has 39 heavy (non-hydrogen) atoms. The maximum Gasteiger partial charge on any atom is 0.490 e. The second-order valence-corrected chi connectivity index (χ2v) is 9.06. The van der Waals surface area contributed by atoms with E-state index in [-0.39, 0.29) is 0 Å². The number of fused-ring (bicyclic) bond motifs is 1. The van der Waals surface area contributed by atoms with E-state index in [9.17, 15) is 26.3 Å². The first-order valence-electron chi connectivity index (χ1n) is 11.7. The Kier molecular flexibility index (Phi) is 11.7. The highest BCUT2D eigenvalue weighted by Crippen LogP contribution is 2.35. The third-order valence-electron chi connectivity index (χ3n) is 5.99. The van der Waals surface area contributed by atoms with Gasteiger partial charge in [0.05, 0.1) is 25.5 Å². The molecule has 0 saturated carbocycles. The van der Waals surface area contributed by atoms with Gasteiger partial charge in [-0.25, -0.2) is 9.59 Å². The number of carboxylic acids is 2. The van der Waals surface area contributed by atoms with Crippen molar-refractivity contribution in [2.24, 2.45) is 11.8 Å². The Morgan fingerprint density at radius 3 is 2.26 bits per heavy atom. The van der Waals surface area contributed by atoms with Crippen molar-refractivity contribution in [3.63, 3.8) is 0 Å². The van der Waals surface area contributed by atoms with E-state index in [4.69, 9.17) is 29.0 Å². The highest BCUT2D eigenvalue weighted by Gasteiger charge is 2.41. The largest absolute Gasteiger partial charge is 0.490 e. The third-order valence-corrected chi connectivity index (χ3v) is 5.99. The van der Waals surface area contributed by atoms with E-state index >= 15 is 0 Å². The van der Waals surface area contributed by atoms with Gasteiger partial charge in [-0.2, -0.15) is 26.3 Å². The predicted molar refractivity (Wildman–Crippen MR) is 123 cm³/mol. The maximum absolute atomic E-state index is 10.6. The Balaban J connectivity index is 0.000000317. The van der Waals surface area contributed by atoms with Gasteiger partial charge < -0.3 is 19.4 Å². The number of ether oxygens (including phenoxy) is 1. The van der Waals surface area contributed by atoms with E-state index < -0.39 is 24.3 Å². The van der Waals surface area contributed by atoms with Crippen LogP contribution in [0.1, 0.15) is 17.7 Å². The van der Waals surface area contributed by atoms with Crippen LogP contribution in [0, 0.1) is 11.8 Å². The monoisotopic (exact) mass is 569 g/mol. The molecule has 9 nitrogen and oxygen atoms in total. The molecule has 0 aromatic carbocycles. The summed E-state index contributed by atoms with van der Waals surface area (Å²) in [6.45, 7) is 5.98. The van der Waals surface area contributed by atoms with E-state index in [1.54, 1.807) is 6.26 Å². The van der Waals surface area contributed by atoms with Gasteiger partial charge in [0.1, 0.15) is 5.76 Å². The number of aliphatic carboxylic acids is 2. The minimum atomic E-state index is -5.08. The Bertz CT molecular complexity index is 996. The Labute approximate surface area is 220 Å². The molecule has 0 spiro atoms. The third kappa shape index (κ3) is 11.2. The van der Waals surface area contributed by atoms with E-state index in [1.165, 1.54) is 12.0 Å². The fourth-order valence-electron chi connectivity index (χ4n) is 4.29. The lowest BCUT2D eigenvalue weighted by Gasteiger charge is -2.36. The van der Waals surface area contributed by atoms with Gasteiger partial charge in [0, 0.05) is 37.9 Å². The summed E-state index contributed by atoms with van der Waals surface area (Å²) in [5.74, 6) is -3.12. The van der Waals surface area contributed by atoms with Gasteiger partial charge in [0.25, 0.3) is 0 Å². The van der Waals surface area contributed by atoms with Crippen LogP contribution in [0.15, 0.2) is 47.3 Å². The standard InChI is InChI=1S/C20H27N3O2.2C2HF3O2/c1-22(11-16-4-2-7-21-10-16)14-20-19-6-8-23(12-17(19)15-25-20)13-18-5-3-9-24-18;2*3-2(4,5)1(6)7/h2-5,7,9-10,17,19-20H,6,8,11-15H2,1H3;2*(H,6,7)/t17-,19-,20+;;/m1../s1. The molecule has 0 unspecified atom stereocenters. The average molecular weight is 569 g/mol. The molecule has 2 saturated heterocycles. The summed E-state index contributed by atoms with van der Waals surface area (Å²) in [5.41, 5.74) is 1.26. The zero-order chi connectivity index (χ0) is 29.2. The Morgan fingerprint density at radius 1 is 1.10 bits per heavy atom. The molecule has 0 amide bonds. The molecule has 0 radical (unpaired) electrons. The Hall–Kier alpha value is -3.17. The van der Waals surface area contributed by atoms with Crippen molar-refractivity contribution in [2.45, 2.75) is 38.0 Å². The number of alkyl halides is 6. The molecule has 218 valence electrons. The molecular weight excluding hydrogens is 540 g/mol. The summed E-state index contributed by atoms with van der Waals surface area (Å²) >= 11 is 0. The second-order valence-electron chi connectivity index (χ2n) is 9.06. The summed E-state index contributed by atoms with van der Waals surface area (Å²) in [7, 11) is 2.18. The number of hydrogen-bond donors (Lipinski definition) is 2. The highest BCUT2D eigenvalue weighted by molar-refractivity contribution is 5.73. The van der Waals surface area contributed by atoms with Crippen LogP contribution in [-0.4, -0.2) is 88.7 Å². The van der Waals surface area contributed by atoms with Crippen LogP contribution in [0.3, 0.4) is 0 Å². The molecule has 2 N–H and O–H groups in total. The molecule has 15 heteroatoms. The van der Waals surface area contributed by atoms with Crippen molar-refractivity contribution in [3.8, 4) is 0 Å². The molecule has 3 atom stereocenters. The van der Waals surface area contributed by atoms with Crippen molar-refractivity contribution in [1.82, 2.24) is 14.8 Å². The minimum Gasteiger partial charge on any atom is -0.475 e. The quantitative estimate of drug-likeness (QED) is 0.500. The van der Waals surface area contributed by atoms with Gasteiger partial charge in [0.15, 0.2) is 0 Å². The van der Waals surface area contributed by atoms with E-state index in [0.717, 1.165) is 45.1 Å². The number of pyridine rings is 1. The van der Waals surface area contributed by atoms with Gasteiger partial charge in [0.2, 0.25) is 0 Å². The lowest BCUT2D eigenvalue weighted by molar-refractivity contribution is -0.193. The summed E-state index contributed by atoms with van der Waals surface area (Å²) in [6, 6.07) is 8.16. The molecule has 0 aliphatic carbocycles. The smallest absolute Gasteiger partial charge is 0.475 e. The number of piperidine rings is 1. The number of likely N-dealkylation sites (N-methyl/N-ethyl adjacent to an activating group) is 1. The molecular formula is C24H29F6N3O6. The number of hydrogen-bond acceptors (Lipinski definition) is 7. The van der Waals surface area contributed by atoms with Gasteiger partial charge >= 0.3 is 24.3 Å². The van der Waals surface area contributed by atoms with E-state index in [2.05, 4.69) is 34.0 Å². The first-order valence-corrected chi connectivity index (χ1v) is 11.7. The van der Waals surface area contributed by atoms with Crippen LogP contribution in [0.25, 0.3) is 0 Å². The van der Waals surface area contributed by atoms with E-state index in [0.29, 0.717) is 17.9 Å². The van der Waals surface area contributed by atoms with Crippen LogP contribution in [0.5, 0.6) is 0 Å². The number of rotatable bonds is 6. The topological polar surface area (TPSA) is 116 Å². The summed E-state index contributed by atoms with van der Waals surface area (Å²) in [6.07, 6.45) is -3.06. The lowest BCUT2D eigenvalue weighted by Crippen LogP contribution is -2.43. The van der Waals surface area contributed by atoms with E-state index in [1.807, 2.05) is 24.5 Å². The fraction of sp³-hybridized carbons (Fsp3) is 0.542. The van der Waals surface area contributed by atoms with Crippen molar-refractivity contribution in [1.29, 1.82) is 0 Å². The van der Waals surface area contributed by atoms with Crippen LogP contribution in [0.2, 0.25) is 0 Å². The first kappa shape index (κ1) is 32.0. The highest BCUT2D eigenvalue weighted by atomic mass is 19.4. The number of likely N-dealkylation sites (tertiary alicyclic amines) is 1. The SMILES string of the molecule is CN(Cc1cccnc1)C[C@@H]1OC[C@H]2CN(Cc3ccco3)CC[C@H]21.O=C(O)C(F)(F)F.O=C(O)C(F)(F)F. The summed E-state index contributed by atoms with van der Waals surface area (Å²) < 4.78 is 75.1. The summed E-state index contributed by atoms with van der Waals surface area (Å²) in [5, 5.41) is 14.2. The molecule has 4 rings (SSSR count). The van der Waals surface area contributed by atoms with Crippen molar-refractivity contribution in [2.75, 3.05) is 33.3 Å². The minimum absolute atomic E-state index is 0.359. The van der Waals surface area contributed by atoms with Crippen LogP contribution in [0.4, 0.5) is 26.3 Å². The fourth-order valence-corrected chi connectivity index (χ4v) is 4.29. The molecule has 2 aromatic heterocycles. The summed E-state index contributed by atoms with van der Waals surface area (Å²) in [4.78, 5) is 26.9. The van der Waals surface area contributed by atoms with Gasteiger partial charge in [-0.3, -0.25) is 14.8 Å². The number of aromatic nitrogens is 1. The molecule has 2 aromatic rings. The van der Waals surface area contributed by atoms with Crippen LogP contribution < -0.4 is 0 Å². The number of nitrogens with zero attached hydrogens (tertiary/aromatic N) is 3. The molecule has 4 heterocycles. The molecule has 2 aliphatic rings. The van der Waals surface area contributed by atoms with Crippen molar-refractivity contribution >= 4 is 11.9 Å². The molecule has 2 aliphatic heterocycles.